The fourth-order valence-corrected chi connectivity index (χ4v) is 15.0. The fourth-order valence-electron chi connectivity index (χ4n) is 12.7. The smallest absolute Gasteiger partial charge is 0.416 e. The van der Waals surface area contributed by atoms with Crippen LogP contribution in [0.1, 0.15) is 93.1 Å². The number of carbonyl (C=O) groups excluding carboxylic acids is 1. The minimum atomic E-state index is -4.61. The number of aromatic amines is 1. The van der Waals surface area contributed by atoms with E-state index in [9.17, 15) is 78.0 Å². The largest absolute Gasteiger partial charge is 0.455 e. The number of H-pyrrole nitrogens is 1. The number of nitro groups is 3. The number of primary sulfonamides is 2. The van der Waals surface area contributed by atoms with E-state index >= 15 is 0 Å². The molecule has 6 heterocycles. The van der Waals surface area contributed by atoms with Gasteiger partial charge >= 0.3 is 11.9 Å². The van der Waals surface area contributed by atoms with Crippen molar-refractivity contribution in [1.82, 2.24) is 19.6 Å². The molecule has 0 saturated carbocycles. The number of nitrogens with zero attached hydrogens (tertiary/aromatic N) is 6. The molecular weight excluding hydrogens is 1540 g/mol. The first-order chi connectivity index (χ1) is 51.0. The third kappa shape index (κ3) is 24.1. The van der Waals surface area contributed by atoms with Gasteiger partial charge in [0, 0.05) is 112 Å². The Hall–Kier alpha value is -8.73. The van der Waals surface area contributed by atoms with E-state index in [-0.39, 0.29) is 68.0 Å². The lowest BCUT2D eigenvalue weighted by atomic mass is 9.72. The first-order valence-electron chi connectivity index (χ1n) is 34.4. The topological polar surface area (TPSA) is 435 Å². The molecule has 1 amide bonds. The minimum Gasteiger partial charge on any atom is -0.455 e. The molecule has 5 aliphatic rings. The zero-order valence-electron chi connectivity index (χ0n) is 59.3. The van der Waals surface area contributed by atoms with Crippen molar-refractivity contribution in [2.75, 3.05) is 108 Å². The zero-order chi connectivity index (χ0) is 78.3. The lowest BCUT2D eigenvalue weighted by Crippen LogP contribution is -2.47. The average Bonchev–Trinajstić information content (AvgIpc) is 0.987. The molecule has 0 unspecified atom stereocenters. The monoisotopic (exact) mass is 1620 g/mol. The van der Waals surface area contributed by atoms with Gasteiger partial charge in [0.25, 0.3) is 27.3 Å². The molecule has 7 aromatic rings. The van der Waals surface area contributed by atoms with Gasteiger partial charge in [0.2, 0.25) is 25.9 Å². The first kappa shape index (κ1) is 85.9. The van der Waals surface area contributed by atoms with Crippen LogP contribution in [0.15, 0.2) is 136 Å². The Morgan fingerprint density at radius 2 is 1.26 bits per heavy atom. The van der Waals surface area contributed by atoms with Gasteiger partial charge in [0.05, 0.1) is 66.6 Å². The number of alkyl halides is 3. The van der Waals surface area contributed by atoms with Gasteiger partial charge in [0.1, 0.15) is 28.5 Å². The summed E-state index contributed by atoms with van der Waals surface area (Å²) in [6.45, 7) is 13.5. The molecule has 30 nitrogen and oxygen atoms in total. The van der Waals surface area contributed by atoms with Crippen molar-refractivity contribution in [1.29, 1.82) is 0 Å². The van der Waals surface area contributed by atoms with Crippen molar-refractivity contribution in [3.05, 3.63) is 179 Å². The molecule has 4 fully saturated rings. The number of nitrogens with two attached hydrogens (primary N) is 3. The molecule has 2 aromatic heterocycles. The van der Waals surface area contributed by atoms with E-state index in [2.05, 4.69) is 49.0 Å². The highest BCUT2D eigenvalue weighted by atomic mass is 35.5. The number of amides is 1. The molecule has 1 aliphatic carbocycles. The Labute approximate surface area is 637 Å². The van der Waals surface area contributed by atoms with Gasteiger partial charge in [0.15, 0.2) is 0 Å². The number of fused-ring (bicyclic) bond motifs is 1. The number of allylic oxidation sites excluding steroid dienone is 1. The Bertz CT molecular complexity index is 4790. The van der Waals surface area contributed by atoms with E-state index in [1.807, 2.05) is 0 Å². The van der Waals surface area contributed by atoms with E-state index in [1.165, 1.54) is 55.4 Å². The standard InChI is InChI=1S/C46H49ClF3N7O7S.C12H17N3O5S.C6H5FN2O4S.C6H13NO.ClH/c1-45(2)13-11-31(38(24-45)36-8-5-32(21-39(36)47)46(48,49)50)27-55-15-17-56(18-16-55)33-6-9-37(42(22-33)64-34-20-30-12-14-51-43(30)53-26-34)44(58)54-65(61,62)35-7-10-40(41(23-35)57(59)60)52-25-29-4-3-19-63-28-29;13-21(18,19)10-3-4-11(12(6-10)15(16)17)14-7-9-2-1-5-20-8-9;7-5-2-1-4(14(8,12)13)3-6(5)9(10)11;7-4-6-2-1-3-8-5-6;/h5-10,12,14,20-23,26,29,52H,3-4,11,13,15-19,24-25,27-28H2,1-2H3,(H,51,53)(H,54,58);3-4,6,9,14H,1-2,5,7-8H2,(H2,13,18,19);1-3H,(H2,8,12,13);6H,1-5,7H2;1H/t29-;9-;;6-;/m11.1./s1. The van der Waals surface area contributed by atoms with Crippen molar-refractivity contribution in [2.45, 2.75) is 92.5 Å². The van der Waals surface area contributed by atoms with Crippen LogP contribution >= 0.6 is 24.0 Å². The van der Waals surface area contributed by atoms with Gasteiger partial charge in [-0.3, -0.25) is 40.0 Å². The van der Waals surface area contributed by atoms with Crippen LogP contribution in [0.25, 0.3) is 16.6 Å². The number of sulfonamides is 3. The van der Waals surface area contributed by atoms with Gasteiger partial charge in [-0.25, -0.2) is 45.2 Å². The molecule has 5 aromatic carbocycles. The number of hydrogen-bond acceptors (Lipinski definition) is 23. The summed E-state index contributed by atoms with van der Waals surface area (Å²) < 4.78 is 149. The van der Waals surface area contributed by atoms with Crippen LogP contribution in [0.5, 0.6) is 11.5 Å². The number of carbonyl (C=O) groups is 1. The van der Waals surface area contributed by atoms with Crippen molar-refractivity contribution in [3.8, 4) is 11.5 Å². The van der Waals surface area contributed by atoms with Gasteiger partial charge < -0.3 is 45.2 Å². The maximum atomic E-state index is 13.9. The summed E-state index contributed by atoms with van der Waals surface area (Å²) in [6, 6.07) is 21.1. The highest BCUT2D eigenvalue weighted by Gasteiger charge is 2.35. The highest BCUT2D eigenvalue weighted by Crippen LogP contribution is 2.46. The summed E-state index contributed by atoms with van der Waals surface area (Å²) in [5.74, 6) is -0.692. The lowest BCUT2D eigenvalue weighted by Gasteiger charge is -2.39. The van der Waals surface area contributed by atoms with E-state index in [4.69, 9.17) is 46.6 Å². The van der Waals surface area contributed by atoms with Crippen LogP contribution in [0.4, 0.5) is 51.7 Å². The first-order valence-corrected chi connectivity index (χ1v) is 39.4. The number of benzene rings is 5. The molecule has 3 atom stereocenters. The summed E-state index contributed by atoms with van der Waals surface area (Å²) in [4.78, 5) is 55.5. The highest BCUT2D eigenvalue weighted by molar-refractivity contribution is 7.90. The Kier molecular flexibility index (Phi) is 29.8. The summed E-state index contributed by atoms with van der Waals surface area (Å²) in [5.41, 5.74) is 7.33. The summed E-state index contributed by atoms with van der Waals surface area (Å²) in [6.07, 6.45) is 7.31. The second-order valence-corrected chi connectivity index (χ2v) is 32.5. The minimum absolute atomic E-state index is 0. The number of rotatable bonds is 21. The maximum absolute atomic E-state index is 13.9. The molecule has 0 radical (unpaired) electrons. The predicted molar refractivity (Wildman–Crippen MR) is 403 cm³/mol. The van der Waals surface area contributed by atoms with E-state index < -0.39 is 89.5 Å². The van der Waals surface area contributed by atoms with Crippen LogP contribution in [0.2, 0.25) is 5.02 Å². The molecule has 0 bridgehead atoms. The second-order valence-electron chi connectivity index (χ2n) is 27.3. The lowest BCUT2D eigenvalue weighted by molar-refractivity contribution is -0.387. The molecule has 109 heavy (non-hydrogen) atoms. The third-order valence-corrected chi connectivity index (χ3v) is 22.1. The number of anilines is 3. The molecule has 4 saturated heterocycles. The molecule has 10 N–H and O–H groups in total. The van der Waals surface area contributed by atoms with E-state index in [0.717, 1.165) is 112 Å². The number of aromatic nitrogens is 2. The fraction of sp³-hybridized carbons (Fsp3) is 0.429. The molecule has 592 valence electrons. The van der Waals surface area contributed by atoms with Crippen molar-refractivity contribution in [3.63, 3.8) is 0 Å². The molecule has 0 spiro atoms. The van der Waals surface area contributed by atoms with Crippen LogP contribution in [-0.2, 0) is 50.5 Å². The quantitative estimate of drug-likeness (QED) is 0.0200. The maximum Gasteiger partial charge on any atom is 0.416 e. The summed E-state index contributed by atoms with van der Waals surface area (Å²) in [7, 11) is -12.6. The molecular formula is C70H85Cl2F4N13O17S3. The third-order valence-electron chi connectivity index (χ3n) is 18.7. The van der Waals surface area contributed by atoms with Crippen LogP contribution in [-0.4, -0.2) is 153 Å². The molecule has 39 heteroatoms. The number of nitrogens with one attached hydrogen (secondary N) is 4. The normalized spacial score (nSPS) is 18.4. The van der Waals surface area contributed by atoms with E-state index in [1.54, 1.807) is 30.5 Å². The van der Waals surface area contributed by atoms with Crippen molar-refractivity contribution in [2.24, 2.45) is 39.2 Å². The predicted octanol–water partition coefficient (Wildman–Crippen LogP) is 11.9. The second kappa shape index (κ2) is 37.8. The summed E-state index contributed by atoms with van der Waals surface area (Å²) in [5, 5.41) is 49.9. The number of nitro benzene ring substituents is 3. The van der Waals surface area contributed by atoms with Gasteiger partial charge in [-0.2, -0.15) is 17.6 Å². The van der Waals surface area contributed by atoms with Gasteiger partial charge in [-0.15, -0.1) is 12.4 Å². The Morgan fingerprint density at radius 3 is 1.77 bits per heavy atom. The zero-order valence-corrected chi connectivity index (χ0v) is 63.4. The number of pyridine rings is 1. The number of piperazine rings is 1. The Balaban J connectivity index is 0.000000272. The molecule has 4 aliphatic heterocycles. The Morgan fingerprint density at radius 1 is 0.716 bits per heavy atom. The van der Waals surface area contributed by atoms with Crippen LogP contribution < -0.4 is 41.0 Å². The van der Waals surface area contributed by atoms with Crippen LogP contribution in [0.3, 0.4) is 0 Å². The van der Waals surface area contributed by atoms with E-state index in [0.29, 0.717) is 113 Å². The van der Waals surface area contributed by atoms with Gasteiger partial charge in [-0.05, 0) is 171 Å². The van der Waals surface area contributed by atoms with Crippen molar-refractivity contribution < 1.29 is 81.3 Å². The summed E-state index contributed by atoms with van der Waals surface area (Å²) >= 11 is 6.53. The molecule has 12 rings (SSSR count). The number of hydrogen-bond donors (Lipinski definition) is 7. The van der Waals surface area contributed by atoms with Crippen LogP contribution in [0, 0.1) is 59.3 Å². The van der Waals surface area contributed by atoms with Crippen molar-refractivity contribution >= 4 is 111 Å². The number of ether oxygens (including phenoxy) is 4. The SMILES string of the molecule is CC1(C)CCC(CN2CCN(c3ccc(C(=O)NS(=O)(=O)c4ccc(NC[C@H]5CCCOC5)c([N+](=O)[O-])c4)c(Oc4cnc5[nH]ccc5c4)c3)CC2)=C(c2ccc(C(F)(F)F)cc2Cl)C1.Cl.NC[C@H]1CCCOC1.NS(=O)(=O)c1ccc(F)c([N+](=O)[O-])c1.NS(=O)(=O)c1ccc(NC[C@H]2CCCOC2)c([N+](=O)[O-])c1. The number of halogens is 6. The average molecular weight is 1620 g/mol. The van der Waals surface area contributed by atoms with Gasteiger partial charge in [-0.1, -0.05) is 37.1 Å².